The minimum absolute atomic E-state index is 0.0543. The summed E-state index contributed by atoms with van der Waals surface area (Å²) in [7, 11) is -0.635. The number of methoxy groups -OCH3 is 2. The Morgan fingerprint density at radius 1 is 1.15 bits per heavy atom. The minimum Gasteiger partial charge on any atom is -0.493 e. The molecule has 26 heavy (non-hydrogen) atoms. The van der Waals surface area contributed by atoms with E-state index in [4.69, 9.17) is 9.47 Å². The molecule has 1 N–H and O–H groups in total. The fourth-order valence-electron chi connectivity index (χ4n) is 3.23. The molecule has 1 fully saturated rings. The summed E-state index contributed by atoms with van der Waals surface area (Å²) in [5, 5.41) is 4.12. The molecular formula is C18H24N2O4S2. The van der Waals surface area contributed by atoms with Gasteiger partial charge in [0.1, 0.15) is 0 Å². The van der Waals surface area contributed by atoms with Crippen LogP contribution in [0.15, 0.2) is 39.9 Å². The molecule has 8 heteroatoms. The van der Waals surface area contributed by atoms with E-state index in [1.54, 1.807) is 17.4 Å². The summed E-state index contributed by atoms with van der Waals surface area (Å²) in [5.74, 6) is 0.893. The van der Waals surface area contributed by atoms with Crippen LogP contribution in [0.1, 0.15) is 24.4 Å². The zero-order valence-electron chi connectivity index (χ0n) is 15.0. The van der Waals surface area contributed by atoms with E-state index in [9.17, 15) is 8.42 Å². The van der Waals surface area contributed by atoms with Crippen LogP contribution in [-0.4, -0.2) is 47.2 Å². The lowest BCUT2D eigenvalue weighted by Crippen LogP contribution is -2.36. The van der Waals surface area contributed by atoms with Gasteiger partial charge in [-0.3, -0.25) is 4.90 Å². The predicted molar refractivity (Wildman–Crippen MR) is 103 cm³/mol. The largest absolute Gasteiger partial charge is 0.493 e. The average Bonchev–Trinajstić information content (AvgIpc) is 3.35. The van der Waals surface area contributed by atoms with E-state index in [0.29, 0.717) is 18.0 Å². The Hall–Kier alpha value is -1.61. The highest BCUT2D eigenvalue weighted by atomic mass is 32.2. The summed E-state index contributed by atoms with van der Waals surface area (Å²) in [5.41, 5.74) is 1.16. The number of nitrogens with one attached hydrogen (secondary N) is 1. The first-order valence-corrected chi connectivity index (χ1v) is 11.0. The van der Waals surface area contributed by atoms with Crippen molar-refractivity contribution in [3.8, 4) is 11.5 Å². The number of thiophene rings is 1. The first-order chi connectivity index (χ1) is 12.5. The highest BCUT2D eigenvalue weighted by Gasteiger charge is 2.26. The van der Waals surface area contributed by atoms with E-state index < -0.39 is 10.0 Å². The molecule has 1 aliphatic rings. The fraction of sp³-hybridized carbons (Fsp3) is 0.444. The second-order valence-corrected chi connectivity index (χ2v) is 8.73. The van der Waals surface area contributed by atoms with Gasteiger partial charge < -0.3 is 9.47 Å². The number of ether oxygens (including phenoxy) is 2. The minimum atomic E-state index is -3.64. The first kappa shape index (κ1) is 19.2. The molecule has 1 saturated heterocycles. The molecule has 2 heterocycles. The van der Waals surface area contributed by atoms with Gasteiger partial charge >= 0.3 is 0 Å². The summed E-state index contributed by atoms with van der Waals surface area (Å²) >= 11 is 1.63. The van der Waals surface area contributed by atoms with Crippen LogP contribution in [0.4, 0.5) is 0 Å². The topological polar surface area (TPSA) is 67.9 Å². The molecule has 1 aromatic carbocycles. The Kier molecular flexibility index (Phi) is 6.18. The van der Waals surface area contributed by atoms with Gasteiger partial charge in [0, 0.05) is 18.7 Å². The van der Waals surface area contributed by atoms with Crippen molar-refractivity contribution in [3.05, 3.63) is 40.6 Å². The van der Waals surface area contributed by atoms with Crippen molar-refractivity contribution in [2.45, 2.75) is 23.8 Å². The number of sulfonamides is 1. The Balaban J connectivity index is 1.77. The number of nitrogens with zero attached hydrogens (tertiary/aromatic N) is 1. The first-order valence-electron chi connectivity index (χ1n) is 8.53. The average molecular weight is 397 g/mol. The Morgan fingerprint density at radius 3 is 2.50 bits per heavy atom. The molecule has 1 atom stereocenters. The van der Waals surface area contributed by atoms with Gasteiger partial charge in [-0.05, 0) is 60.5 Å². The molecule has 3 rings (SSSR count). The lowest BCUT2D eigenvalue weighted by molar-refractivity contribution is 0.247. The van der Waals surface area contributed by atoms with Crippen LogP contribution in [0.5, 0.6) is 11.5 Å². The normalized spacial score (nSPS) is 16.5. The monoisotopic (exact) mass is 396 g/mol. The van der Waals surface area contributed by atoms with E-state index in [0.717, 1.165) is 31.5 Å². The highest BCUT2D eigenvalue weighted by molar-refractivity contribution is 7.89. The number of rotatable bonds is 8. The van der Waals surface area contributed by atoms with Crippen LogP contribution in [0.2, 0.25) is 0 Å². The van der Waals surface area contributed by atoms with Gasteiger partial charge in [-0.15, -0.1) is 0 Å². The summed E-state index contributed by atoms with van der Waals surface area (Å²) in [6.07, 6.45) is 2.31. The molecule has 0 aliphatic carbocycles. The standard InChI is InChI=1S/C18H24N2O4S2/c1-23-17-6-5-15(11-18(17)24-2)26(21,22)19-12-16(14-7-10-25-13-14)20-8-3-4-9-20/h5-7,10-11,13,16,19H,3-4,8-9,12H2,1-2H3/t16-/m1/s1. The predicted octanol–water partition coefficient (Wildman–Crippen LogP) is 2.88. The summed E-state index contributed by atoms with van der Waals surface area (Å²) < 4.78 is 38.7. The number of likely N-dealkylation sites (tertiary alicyclic amines) is 1. The molecule has 0 spiro atoms. The van der Waals surface area contributed by atoms with Crippen molar-refractivity contribution in [2.75, 3.05) is 33.9 Å². The molecule has 142 valence electrons. The van der Waals surface area contributed by atoms with E-state index >= 15 is 0 Å². The van der Waals surface area contributed by atoms with Crippen molar-refractivity contribution < 1.29 is 17.9 Å². The second-order valence-electron chi connectivity index (χ2n) is 6.18. The highest BCUT2D eigenvalue weighted by Crippen LogP contribution is 2.30. The maximum absolute atomic E-state index is 12.8. The summed E-state index contributed by atoms with van der Waals surface area (Å²) in [6, 6.07) is 6.73. The molecule has 6 nitrogen and oxygen atoms in total. The molecule has 0 radical (unpaired) electrons. The third kappa shape index (κ3) is 4.20. The van der Waals surface area contributed by atoms with Crippen molar-refractivity contribution in [3.63, 3.8) is 0 Å². The van der Waals surface area contributed by atoms with E-state index in [-0.39, 0.29) is 10.9 Å². The third-order valence-electron chi connectivity index (χ3n) is 4.64. The third-order valence-corrected chi connectivity index (χ3v) is 6.76. The van der Waals surface area contributed by atoms with Gasteiger partial charge in [-0.2, -0.15) is 11.3 Å². The Labute approximate surface area is 158 Å². The summed E-state index contributed by atoms with van der Waals surface area (Å²) in [6.45, 7) is 2.34. The maximum atomic E-state index is 12.8. The van der Waals surface area contributed by atoms with Gasteiger partial charge in [0.25, 0.3) is 0 Å². The van der Waals surface area contributed by atoms with Crippen LogP contribution < -0.4 is 14.2 Å². The number of benzene rings is 1. The second kappa shape index (κ2) is 8.39. The van der Waals surface area contributed by atoms with Crippen molar-refractivity contribution in [1.82, 2.24) is 9.62 Å². The molecule has 0 saturated carbocycles. The van der Waals surface area contributed by atoms with Gasteiger partial charge in [0.2, 0.25) is 10.0 Å². The number of hydrogen-bond donors (Lipinski definition) is 1. The quantitative estimate of drug-likeness (QED) is 0.743. The SMILES string of the molecule is COc1ccc(S(=O)(=O)NC[C@H](c2ccsc2)N2CCCC2)cc1OC. The van der Waals surface area contributed by atoms with Crippen LogP contribution in [0.3, 0.4) is 0 Å². The van der Waals surface area contributed by atoms with Gasteiger partial charge in [-0.1, -0.05) is 0 Å². The molecule has 0 unspecified atom stereocenters. The van der Waals surface area contributed by atoms with Gasteiger partial charge in [0.05, 0.1) is 19.1 Å². The number of hydrogen-bond acceptors (Lipinski definition) is 6. The zero-order chi connectivity index (χ0) is 18.6. The Bertz CT molecular complexity index is 816. The van der Waals surface area contributed by atoms with Gasteiger partial charge in [-0.25, -0.2) is 13.1 Å². The molecule has 1 aliphatic heterocycles. The fourth-order valence-corrected chi connectivity index (χ4v) is 4.99. The van der Waals surface area contributed by atoms with E-state index in [1.807, 2.05) is 5.38 Å². The molecular weight excluding hydrogens is 372 g/mol. The zero-order valence-corrected chi connectivity index (χ0v) is 16.6. The lowest BCUT2D eigenvalue weighted by atomic mass is 10.1. The molecule has 0 bridgehead atoms. The van der Waals surface area contributed by atoms with Crippen molar-refractivity contribution in [1.29, 1.82) is 0 Å². The van der Waals surface area contributed by atoms with E-state index in [2.05, 4.69) is 21.1 Å². The maximum Gasteiger partial charge on any atom is 0.240 e. The van der Waals surface area contributed by atoms with Crippen LogP contribution in [0, 0.1) is 0 Å². The molecule has 1 aromatic heterocycles. The molecule has 0 amide bonds. The van der Waals surface area contributed by atoms with Crippen LogP contribution >= 0.6 is 11.3 Å². The van der Waals surface area contributed by atoms with E-state index in [1.165, 1.54) is 26.4 Å². The van der Waals surface area contributed by atoms with Crippen molar-refractivity contribution in [2.24, 2.45) is 0 Å². The van der Waals surface area contributed by atoms with Crippen LogP contribution in [-0.2, 0) is 10.0 Å². The van der Waals surface area contributed by atoms with Crippen molar-refractivity contribution >= 4 is 21.4 Å². The smallest absolute Gasteiger partial charge is 0.240 e. The van der Waals surface area contributed by atoms with Gasteiger partial charge in [0.15, 0.2) is 11.5 Å². The summed E-state index contributed by atoms with van der Waals surface area (Å²) in [4.78, 5) is 2.51. The van der Waals surface area contributed by atoms with Crippen LogP contribution in [0.25, 0.3) is 0 Å². The Morgan fingerprint density at radius 2 is 1.88 bits per heavy atom. The molecule has 2 aromatic rings. The lowest BCUT2D eigenvalue weighted by Gasteiger charge is -2.27.